The molecule has 1 unspecified atom stereocenters. The highest BCUT2D eigenvalue weighted by Crippen LogP contribution is 2.23. The first-order chi connectivity index (χ1) is 6.85. The lowest BCUT2D eigenvalue weighted by Gasteiger charge is -2.21. The predicted molar refractivity (Wildman–Crippen MR) is 51.5 cm³/mol. The number of halogens is 2. The molecule has 1 aromatic rings. The van der Waals surface area contributed by atoms with Crippen LogP contribution in [0.15, 0.2) is 6.20 Å². The number of aryl methyl sites for hydroxylation is 1. The van der Waals surface area contributed by atoms with Gasteiger partial charge >= 0.3 is 0 Å². The molecule has 0 spiro atoms. The molecule has 0 aliphatic rings. The van der Waals surface area contributed by atoms with E-state index in [-0.39, 0.29) is 18.7 Å². The third-order valence-electron chi connectivity index (χ3n) is 2.10. The van der Waals surface area contributed by atoms with Gasteiger partial charge in [-0.3, -0.25) is 4.68 Å². The molecule has 1 aromatic heterocycles. The normalized spacial score (nSPS) is 15.7. The maximum Gasteiger partial charge on any atom is 0.282 e. The molecular formula is C9H15F2N3O. The van der Waals surface area contributed by atoms with Crippen LogP contribution in [0.1, 0.15) is 24.6 Å². The fourth-order valence-electron chi connectivity index (χ4n) is 1.37. The van der Waals surface area contributed by atoms with Crippen molar-refractivity contribution in [2.24, 2.45) is 12.8 Å². The van der Waals surface area contributed by atoms with E-state index in [1.807, 2.05) is 0 Å². The zero-order valence-electron chi connectivity index (χ0n) is 8.74. The van der Waals surface area contributed by atoms with Crippen molar-refractivity contribution in [3.05, 3.63) is 17.5 Å². The maximum absolute atomic E-state index is 12.5. The number of aliphatic hydroxyl groups excluding tert-OH is 1. The van der Waals surface area contributed by atoms with Crippen molar-refractivity contribution in [1.29, 1.82) is 0 Å². The number of rotatable bonds is 4. The summed E-state index contributed by atoms with van der Waals surface area (Å²) in [7, 11) is 1.57. The zero-order valence-corrected chi connectivity index (χ0v) is 8.74. The smallest absolute Gasteiger partial charge is 0.282 e. The van der Waals surface area contributed by atoms with Crippen molar-refractivity contribution in [1.82, 2.24) is 9.78 Å². The first-order valence-electron chi connectivity index (χ1n) is 4.56. The Bertz CT molecular complexity index is 336. The van der Waals surface area contributed by atoms with Crippen LogP contribution in [-0.2, 0) is 13.5 Å². The van der Waals surface area contributed by atoms with Crippen LogP contribution in [0, 0.1) is 0 Å². The summed E-state index contributed by atoms with van der Waals surface area (Å²) >= 11 is 0. The van der Waals surface area contributed by atoms with Gasteiger partial charge in [0.25, 0.3) is 6.43 Å². The zero-order chi connectivity index (χ0) is 11.6. The number of alkyl halides is 2. The SMILES string of the molecule is Cn1cc(CC(C)(N)CO)c(C(F)F)n1. The second-order valence-corrected chi connectivity index (χ2v) is 4.00. The van der Waals surface area contributed by atoms with Crippen molar-refractivity contribution in [3.63, 3.8) is 0 Å². The molecule has 0 amide bonds. The molecule has 0 fully saturated rings. The minimum absolute atomic E-state index is 0.178. The van der Waals surface area contributed by atoms with Crippen LogP contribution < -0.4 is 5.73 Å². The van der Waals surface area contributed by atoms with E-state index >= 15 is 0 Å². The van der Waals surface area contributed by atoms with E-state index in [4.69, 9.17) is 10.8 Å². The molecule has 0 aromatic carbocycles. The number of nitrogens with zero attached hydrogens (tertiary/aromatic N) is 2. The van der Waals surface area contributed by atoms with Crippen molar-refractivity contribution >= 4 is 0 Å². The highest BCUT2D eigenvalue weighted by Gasteiger charge is 2.24. The van der Waals surface area contributed by atoms with E-state index in [1.54, 1.807) is 14.0 Å². The minimum atomic E-state index is -2.62. The van der Waals surface area contributed by atoms with Gasteiger partial charge in [-0.05, 0) is 13.3 Å². The topological polar surface area (TPSA) is 64.1 Å². The summed E-state index contributed by atoms with van der Waals surface area (Å²) in [4.78, 5) is 0. The number of hydrogen-bond acceptors (Lipinski definition) is 3. The molecule has 0 aliphatic carbocycles. The van der Waals surface area contributed by atoms with E-state index < -0.39 is 12.0 Å². The fraction of sp³-hybridized carbons (Fsp3) is 0.667. The van der Waals surface area contributed by atoms with Crippen LogP contribution in [0.3, 0.4) is 0 Å². The Balaban J connectivity index is 2.94. The summed E-state index contributed by atoms with van der Waals surface area (Å²) in [6.07, 6.45) is -0.935. The first-order valence-corrected chi connectivity index (χ1v) is 4.56. The summed E-state index contributed by atoms with van der Waals surface area (Å²) in [5.74, 6) is 0. The average Bonchev–Trinajstić information content (AvgIpc) is 2.46. The Hall–Kier alpha value is -1.01. The summed E-state index contributed by atoms with van der Waals surface area (Å²) in [6, 6.07) is 0. The molecule has 1 atom stereocenters. The van der Waals surface area contributed by atoms with E-state index in [0.717, 1.165) is 0 Å². The van der Waals surface area contributed by atoms with E-state index in [0.29, 0.717) is 5.56 Å². The lowest BCUT2D eigenvalue weighted by atomic mass is 9.95. The third-order valence-corrected chi connectivity index (χ3v) is 2.10. The molecule has 0 saturated carbocycles. The number of aliphatic hydroxyl groups is 1. The van der Waals surface area contributed by atoms with Gasteiger partial charge < -0.3 is 10.8 Å². The van der Waals surface area contributed by atoms with Gasteiger partial charge in [0.2, 0.25) is 0 Å². The molecule has 0 aliphatic heterocycles. The highest BCUT2D eigenvalue weighted by atomic mass is 19.3. The molecule has 1 heterocycles. The predicted octanol–water partition coefficient (Wildman–Crippen LogP) is 0.610. The van der Waals surface area contributed by atoms with Gasteiger partial charge in [-0.1, -0.05) is 0 Å². The maximum atomic E-state index is 12.5. The molecule has 15 heavy (non-hydrogen) atoms. The Labute approximate surface area is 86.7 Å². The van der Waals surface area contributed by atoms with Crippen LogP contribution in [0.5, 0.6) is 0 Å². The monoisotopic (exact) mass is 219 g/mol. The molecule has 86 valence electrons. The van der Waals surface area contributed by atoms with Crippen LogP contribution in [0.4, 0.5) is 8.78 Å². The van der Waals surface area contributed by atoms with Gasteiger partial charge in [0.05, 0.1) is 6.61 Å². The Morgan fingerprint density at radius 1 is 1.67 bits per heavy atom. The van der Waals surface area contributed by atoms with Crippen LogP contribution in [0.25, 0.3) is 0 Å². The first kappa shape index (κ1) is 12.1. The summed E-state index contributed by atoms with van der Waals surface area (Å²) < 4.78 is 26.4. The van der Waals surface area contributed by atoms with Crippen LogP contribution in [0.2, 0.25) is 0 Å². The van der Waals surface area contributed by atoms with Crippen LogP contribution >= 0.6 is 0 Å². The van der Waals surface area contributed by atoms with Gasteiger partial charge in [-0.15, -0.1) is 0 Å². The van der Waals surface area contributed by atoms with Gasteiger partial charge in [0.15, 0.2) is 0 Å². The average molecular weight is 219 g/mol. The lowest BCUT2D eigenvalue weighted by molar-refractivity contribution is 0.142. The molecule has 1 rings (SSSR count). The lowest BCUT2D eigenvalue weighted by Crippen LogP contribution is -2.42. The van der Waals surface area contributed by atoms with E-state index in [2.05, 4.69) is 5.10 Å². The van der Waals surface area contributed by atoms with Gasteiger partial charge in [0, 0.05) is 24.3 Å². The standard InChI is InChI=1S/C9H15F2N3O/c1-9(12,5-15)3-6-4-14(2)13-7(6)8(10)11/h4,8,15H,3,5,12H2,1-2H3. The molecular weight excluding hydrogens is 204 g/mol. The third kappa shape index (κ3) is 2.97. The molecule has 4 nitrogen and oxygen atoms in total. The van der Waals surface area contributed by atoms with Gasteiger partial charge in [-0.25, -0.2) is 8.78 Å². The number of hydrogen-bond donors (Lipinski definition) is 2. The quantitative estimate of drug-likeness (QED) is 0.779. The van der Waals surface area contributed by atoms with Gasteiger partial charge in [-0.2, -0.15) is 5.10 Å². The van der Waals surface area contributed by atoms with Gasteiger partial charge in [0.1, 0.15) is 5.69 Å². The molecule has 6 heteroatoms. The van der Waals surface area contributed by atoms with Crippen molar-refractivity contribution in [3.8, 4) is 0 Å². The number of nitrogens with two attached hydrogens (primary N) is 1. The van der Waals surface area contributed by atoms with Crippen molar-refractivity contribution in [2.45, 2.75) is 25.3 Å². The second kappa shape index (κ2) is 4.24. The Kier molecular flexibility index (Phi) is 3.41. The molecule has 0 radical (unpaired) electrons. The molecule has 0 saturated heterocycles. The van der Waals surface area contributed by atoms with E-state index in [1.165, 1.54) is 10.9 Å². The molecule has 0 bridgehead atoms. The molecule has 3 N–H and O–H groups in total. The highest BCUT2D eigenvalue weighted by molar-refractivity contribution is 5.20. The Morgan fingerprint density at radius 2 is 2.27 bits per heavy atom. The fourth-order valence-corrected chi connectivity index (χ4v) is 1.37. The Morgan fingerprint density at radius 3 is 2.73 bits per heavy atom. The largest absolute Gasteiger partial charge is 0.394 e. The second-order valence-electron chi connectivity index (χ2n) is 4.00. The summed E-state index contributed by atoms with van der Waals surface area (Å²) in [6.45, 7) is 1.35. The van der Waals surface area contributed by atoms with E-state index in [9.17, 15) is 8.78 Å². The van der Waals surface area contributed by atoms with Crippen LogP contribution in [-0.4, -0.2) is 27.0 Å². The number of aromatic nitrogens is 2. The summed E-state index contributed by atoms with van der Waals surface area (Å²) in [5.41, 5.74) is 4.92. The summed E-state index contributed by atoms with van der Waals surface area (Å²) in [5, 5.41) is 12.6. The van der Waals surface area contributed by atoms with Crippen molar-refractivity contribution < 1.29 is 13.9 Å². The van der Waals surface area contributed by atoms with Crippen molar-refractivity contribution in [2.75, 3.05) is 6.61 Å². The minimum Gasteiger partial charge on any atom is -0.394 e.